The highest BCUT2D eigenvalue weighted by Crippen LogP contribution is 2.23. The second-order valence-corrected chi connectivity index (χ2v) is 5.20. The van der Waals surface area contributed by atoms with Crippen LogP contribution >= 0.6 is 11.6 Å². The monoisotopic (exact) mass is 292 g/mol. The molecule has 1 atom stereocenters. The van der Waals surface area contributed by atoms with Crippen molar-refractivity contribution in [2.24, 2.45) is 0 Å². The van der Waals surface area contributed by atoms with E-state index in [1.54, 1.807) is 12.3 Å². The van der Waals surface area contributed by atoms with Gasteiger partial charge in [-0.05, 0) is 54.8 Å². The number of rotatable bonds is 5. The summed E-state index contributed by atoms with van der Waals surface area (Å²) < 4.78 is 13.5. The first-order chi connectivity index (χ1) is 9.61. The van der Waals surface area contributed by atoms with Crippen LogP contribution in [-0.2, 0) is 6.42 Å². The molecule has 2 nitrogen and oxygen atoms in total. The highest BCUT2D eigenvalue weighted by Gasteiger charge is 2.14. The number of aromatic nitrogens is 1. The molecule has 2 aromatic rings. The normalized spacial score (nSPS) is 12.4. The Morgan fingerprint density at radius 1 is 1.35 bits per heavy atom. The lowest BCUT2D eigenvalue weighted by Crippen LogP contribution is -2.24. The van der Waals surface area contributed by atoms with Crippen LogP contribution in [0.5, 0.6) is 0 Å². The summed E-state index contributed by atoms with van der Waals surface area (Å²) in [4.78, 5) is 4.19. The number of benzene rings is 1. The van der Waals surface area contributed by atoms with Crippen LogP contribution in [0.4, 0.5) is 4.39 Å². The minimum Gasteiger partial charge on any atom is -0.310 e. The van der Waals surface area contributed by atoms with Crippen molar-refractivity contribution in [3.05, 3.63) is 64.2 Å². The smallest absolute Gasteiger partial charge is 0.142 e. The fourth-order valence-electron chi connectivity index (χ4n) is 2.28. The molecule has 0 saturated heterocycles. The number of nitrogens with zero attached hydrogens (tertiary/aromatic N) is 1. The molecule has 4 heteroatoms. The average molecular weight is 293 g/mol. The maximum atomic E-state index is 13.5. The van der Waals surface area contributed by atoms with E-state index in [2.05, 4.69) is 24.1 Å². The van der Waals surface area contributed by atoms with Crippen LogP contribution in [0.2, 0.25) is 5.02 Å². The van der Waals surface area contributed by atoms with E-state index in [-0.39, 0.29) is 16.9 Å². The lowest BCUT2D eigenvalue weighted by atomic mass is 9.97. The molecule has 1 heterocycles. The third kappa shape index (κ3) is 3.56. The zero-order valence-corrected chi connectivity index (χ0v) is 12.4. The largest absolute Gasteiger partial charge is 0.310 e. The fourth-order valence-corrected chi connectivity index (χ4v) is 2.40. The van der Waals surface area contributed by atoms with Crippen LogP contribution in [0.3, 0.4) is 0 Å². The van der Waals surface area contributed by atoms with Crippen LogP contribution in [0.1, 0.15) is 29.7 Å². The first kappa shape index (κ1) is 14.9. The highest BCUT2D eigenvalue weighted by molar-refractivity contribution is 6.30. The zero-order chi connectivity index (χ0) is 14.5. The summed E-state index contributed by atoms with van der Waals surface area (Å²) in [7, 11) is 0. The van der Waals surface area contributed by atoms with E-state index in [4.69, 9.17) is 11.6 Å². The standard InChI is InChI=1S/C16H18ClFN2/c1-3-20-16(13-10-19-7-6-11(13)2)9-12-4-5-14(17)15(18)8-12/h4-8,10,16,20H,3,9H2,1-2H3. The fraction of sp³-hybridized carbons (Fsp3) is 0.312. The van der Waals surface area contributed by atoms with E-state index < -0.39 is 0 Å². The molecule has 2 rings (SSSR count). The minimum absolute atomic E-state index is 0.120. The van der Waals surface area contributed by atoms with Crippen LogP contribution in [0.15, 0.2) is 36.7 Å². The maximum Gasteiger partial charge on any atom is 0.142 e. The quantitative estimate of drug-likeness (QED) is 0.898. The zero-order valence-electron chi connectivity index (χ0n) is 11.7. The Morgan fingerprint density at radius 2 is 2.15 bits per heavy atom. The molecule has 1 N–H and O–H groups in total. The molecule has 0 saturated carbocycles. The van der Waals surface area contributed by atoms with Crippen molar-refractivity contribution in [1.82, 2.24) is 10.3 Å². The van der Waals surface area contributed by atoms with E-state index in [1.165, 1.54) is 11.6 Å². The number of hydrogen-bond acceptors (Lipinski definition) is 2. The van der Waals surface area contributed by atoms with E-state index in [0.29, 0.717) is 6.42 Å². The number of aryl methyl sites for hydroxylation is 1. The van der Waals surface area contributed by atoms with E-state index >= 15 is 0 Å². The molecule has 0 aliphatic heterocycles. The second-order valence-electron chi connectivity index (χ2n) is 4.80. The SMILES string of the molecule is CCNC(Cc1ccc(Cl)c(F)c1)c1cnccc1C. The summed E-state index contributed by atoms with van der Waals surface area (Å²) in [6.07, 6.45) is 4.35. The molecule has 20 heavy (non-hydrogen) atoms. The van der Waals surface area contributed by atoms with Crippen molar-refractivity contribution >= 4 is 11.6 Å². The first-order valence-corrected chi connectivity index (χ1v) is 7.07. The third-order valence-corrected chi connectivity index (χ3v) is 3.64. The number of pyridine rings is 1. The topological polar surface area (TPSA) is 24.9 Å². The van der Waals surface area contributed by atoms with Gasteiger partial charge in [0.1, 0.15) is 5.82 Å². The van der Waals surface area contributed by atoms with E-state index in [0.717, 1.165) is 17.7 Å². The molecule has 0 aliphatic carbocycles. The molecule has 0 amide bonds. The van der Waals surface area contributed by atoms with Gasteiger partial charge in [0, 0.05) is 18.4 Å². The highest BCUT2D eigenvalue weighted by atomic mass is 35.5. The molecular formula is C16H18ClFN2. The van der Waals surface area contributed by atoms with Gasteiger partial charge in [0.25, 0.3) is 0 Å². The van der Waals surface area contributed by atoms with Gasteiger partial charge in [-0.25, -0.2) is 4.39 Å². The molecule has 106 valence electrons. The number of hydrogen-bond donors (Lipinski definition) is 1. The summed E-state index contributed by atoms with van der Waals surface area (Å²) >= 11 is 5.72. The summed E-state index contributed by atoms with van der Waals surface area (Å²) in [5.41, 5.74) is 3.24. The van der Waals surface area contributed by atoms with Crippen LogP contribution in [0, 0.1) is 12.7 Å². The predicted molar refractivity (Wildman–Crippen MR) is 80.5 cm³/mol. The first-order valence-electron chi connectivity index (χ1n) is 6.69. The third-order valence-electron chi connectivity index (χ3n) is 3.33. The summed E-state index contributed by atoms with van der Waals surface area (Å²) in [5, 5.41) is 3.59. The molecule has 0 spiro atoms. The van der Waals surface area contributed by atoms with E-state index in [9.17, 15) is 4.39 Å². The van der Waals surface area contributed by atoms with Gasteiger partial charge < -0.3 is 5.32 Å². The Morgan fingerprint density at radius 3 is 2.80 bits per heavy atom. The van der Waals surface area contributed by atoms with Gasteiger partial charge in [-0.15, -0.1) is 0 Å². The Labute approximate surface area is 124 Å². The van der Waals surface area contributed by atoms with Crippen LogP contribution in [0.25, 0.3) is 0 Å². The predicted octanol–water partition coefficient (Wildman–Crippen LogP) is 4.08. The molecule has 0 fully saturated rings. The molecule has 1 aromatic heterocycles. The van der Waals surface area contributed by atoms with Crippen molar-refractivity contribution < 1.29 is 4.39 Å². The van der Waals surface area contributed by atoms with Gasteiger partial charge in [0.05, 0.1) is 5.02 Å². The maximum absolute atomic E-state index is 13.5. The average Bonchev–Trinajstić information content (AvgIpc) is 2.43. The molecule has 1 aromatic carbocycles. The van der Waals surface area contributed by atoms with Crippen molar-refractivity contribution in [3.8, 4) is 0 Å². The van der Waals surface area contributed by atoms with Gasteiger partial charge in [-0.1, -0.05) is 24.6 Å². The summed E-state index contributed by atoms with van der Waals surface area (Å²) in [6, 6.07) is 7.07. The van der Waals surface area contributed by atoms with E-state index in [1.807, 2.05) is 18.3 Å². The summed E-state index contributed by atoms with van der Waals surface area (Å²) in [6.45, 7) is 4.96. The van der Waals surface area contributed by atoms with Crippen molar-refractivity contribution in [2.75, 3.05) is 6.54 Å². The Kier molecular flexibility index (Phi) is 5.10. The summed E-state index contributed by atoms with van der Waals surface area (Å²) in [5.74, 6) is -0.373. The van der Waals surface area contributed by atoms with Gasteiger partial charge in [0.15, 0.2) is 0 Å². The van der Waals surface area contributed by atoms with Crippen molar-refractivity contribution in [2.45, 2.75) is 26.3 Å². The molecule has 0 radical (unpaired) electrons. The van der Waals surface area contributed by atoms with Crippen LogP contribution in [-0.4, -0.2) is 11.5 Å². The number of likely N-dealkylation sites (N-methyl/N-ethyl adjacent to an activating group) is 1. The van der Waals surface area contributed by atoms with Gasteiger partial charge in [-0.3, -0.25) is 4.98 Å². The Balaban J connectivity index is 2.25. The lowest BCUT2D eigenvalue weighted by molar-refractivity contribution is 0.543. The Hall–Kier alpha value is -1.45. The number of halogens is 2. The minimum atomic E-state index is -0.373. The molecular weight excluding hydrogens is 275 g/mol. The lowest BCUT2D eigenvalue weighted by Gasteiger charge is -2.20. The number of nitrogens with one attached hydrogen (secondary N) is 1. The Bertz CT molecular complexity index is 586. The van der Waals surface area contributed by atoms with Gasteiger partial charge in [0.2, 0.25) is 0 Å². The molecule has 0 aliphatic rings. The van der Waals surface area contributed by atoms with Gasteiger partial charge in [-0.2, -0.15) is 0 Å². The van der Waals surface area contributed by atoms with Gasteiger partial charge >= 0.3 is 0 Å². The van der Waals surface area contributed by atoms with Crippen LogP contribution < -0.4 is 5.32 Å². The van der Waals surface area contributed by atoms with Crippen molar-refractivity contribution in [1.29, 1.82) is 0 Å². The second kappa shape index (κ2) is 6.82. The molecule has 1 unspecified atom stereocenters. The molecule has 0 bridgehead atoms. The van der Waals surface area contributed by atoms with Crippen molar-refractivity contribution in [3.63, 3.8) is 0 Å².